The molecule has 38 heavy (non-hydrogen) atoms. The van der Waals surface area contributed by atoms with Gasteiger partial charge in [0.1, 0.15) is 11.6 Å². The van der Waals surface area contributed by atoms with Crippen LogP contribution in [0.1, 0.15) is 38.6 Å². The fourth-order valence-electron chi connectivity index (χ4n) is 4.62. The molecule has 192 valence electrons. The van der Waals surface area contributed by atoms with Crippen LogP contribution < -0.4 is 11.1 Å². The summed E-state index contributed by atoms with van der Waals surface area (Å²) in [5.41, 5.74) is 14.4. The van der Waals surface area contributed by atoms with Crippen molar-refractivity contribution in [1.82, 2.24) is 19.9 Å². The van der Waals surface area contributed by atoms with Gasteiger partial charge in [-0.15, -0.1) is 0 Å². The number of allylic oxidation sites excluding steroid dienone is 1. The Morgan fingerprint density at radius 1 is 0.974 bits per heavy atom. The van der Waals surface area contributed by atoms with E-state index in [1.165, 1.54) is 6.07 Å². The molecule has 0 saturated heterocycles. The van der Waals surface area contributed by atoms with E-state index in [0.717, 1.165) is 45.8 Å². The summed E-state index contributed by atoms with van der Waals surface area (Å²) in [6, 6.07) is 14.6. The number of H-pyrrole nitrogens is 1. The number of aromatic amines is 1. The number of nitrogen functional groups attached to an aromatic ring is 1. The van der Waals surface area contributed by atoms with E-state index in [9.17, 15) is 4.39 Å². The van der Waals surface area contributed by atoms with Gasteiger partial charge in [0.05, 0.1) is 29.1 Å². The van der Waals surface area contributed by atoms with E-state index in [0.29, 0.717) is 28.8 Å². The third-order valence-electron chi connectivity index (χ3n) is 6.24. The predicted molar refractivity (Wildman–Crippen MR) is 153 cm³/mol. The Morgan fingerprint density at radius 3 is 2.55 bits per heavy atom. The second-order valence-electron chi connectivity index (χ2n) is 10.8. The maximum Gasteiger partial charge on any atom is 0.131 e. The predicted octanol–water partition coefficient (Wildman–Crippen LogP) is 7.36. The van der Waals surface area contributed by atoms with Crippen molar-refractivity contribution in [2.45, 2.75) is 33.6 Å². The Hall–Kier alpha value is -4.52. The topological polar surface area (TPSA) is 92.5 Å². The lowest BCUT2D eigenvalue weighted by Gasteiger charge is -2.20. The van der Waals surface area contributed by atoms with Crippen molar-refractivity contribution >= 4 is 22.4 Å². The summed E-state index contributed by atoms with van der Waals surface area (Å²) < 4.78 is 14.5. The minimum Gasteiger partial charge on any atom is -0.398 e. The number of rotatable bonds is 7. The minimum absolute atomic E-state index is 0.143. The summed E-state index contributed by atoms with van der Waals surface area (Å²) >= 11 is 0. The average molecular weight is 507 g/mol. The number of benzene rings is 2. The first kappa shape index (κ1) is 25.1. The number of anilines is 2. The van der Waals surface area contributed by atoms with Crippen LogP contribution in [0, 0.1) is 11.2 Å². The molecule has 0 aliphatic rings. The lowest BCUT2D eigenvalue weighted by molar-refractivity contribution is 0.411. The summed E-state index contributed by atoms with van der Waals surface area (Å²) in [5, 5.41) is 3.38. The first-order valence-electron chi connectivity index (χ1n) is 12.5. The Balaban J connectivity index is 1.42. The molecule has 0 aliphatic carbocycles. The minimum atomic E-state index is -0.310. The molecule has 3 heterocycles. The normalized spacial score (nSPS) is 11.6. The summed E-state index contributed by atoms with van der Waals surface area (Å²) in [6.45, 7) is 10.7. The molecule has 0 saturated carbocycles. The highest BCUT2D eigenvalue weighted by Gasteiger charge is 2.15. The molecule has 7 heteroatoms. The van der Waals surface area contributed by atoms with Crippen LogP contribution in [0.5, 0.6) is 0 Å². The molecule has 0 unspecified atom stereocenters. The summed E-state index contributed by atoms with van der Waals surface area (Å²) in [5.74, 6) is 0.414. The van der Waals surface area contributed by atoms with Crippen LogP contribution in [0.25, 0.3) is 33.3 Å². The van der Waals surface area contributed by atoms with Crippen molar-refractivity contribution in [2.24, 2.45) is 5.41 Å². The number of fused-ring (bicyclic) bond motifs is 1. The highest BCUT2D eigenvalue weighted by atomic mass is 19.1. The number of nitrogens with one attached hydrogen (secondary N) is 2. The molecule has 0 atom stereocenters. The average Bonchev–Trinajstić information content (AvgIpc) is 3.27. The third-order valence-corrected chi connectivity index (χ3v) is 6.24. The largest absolute Gasteiger partial charge is 0.398 e. The van der Waals surface area contributed by atoms with Gasteiger partial charge in [-0.1, -0.05) is 51.6 Å². The monoisotopic (exact) mass is 506 g/mol. The fraction of sp³-hybridized carbons (Fsp3) is 0.194. The van der Waals surface area contributed by atoms with Crippen molar-refractivity contribution in [3.05, 3.63) is 103 Å². The lowest BCUT2D eigenvalue weighted by Crippen LogP contribution is -2.10. The molecule has 0 aliphatic heterocycles. The lowest BCUT2D eigenvalue weighted by atomic mass is 9.91. The van der Waals surface area contributed by atoms with Gasteiger partial charge in [0.2, 0.25) is 0 Å². The fourth-order valence-corrected chi connectivity index (χ4v) is 4.62. The van der Waals surface area contributed by atoms with Crippen LogP contribution >= 0.6 is 0 Å². The van der Waals surface area contributed by atoms with E-state index in [1.54, 1.807) is 36.8 Å². The van der Waals surface area contributed by atoms with Crippen molar-refractivity contribution in [3.8, 4) is 22.3 Å². The van der Waals surface area contributed by atoms with Gasteiger partial charge in [-0.2, -0.15) is 0 Å². The Morgan fingerprint density at radius 2 is 1.76 bits per heavy atom. The van der Waals surface area contributed by atoms with Crippen molar-refractivity contribution in [2.75, 3.05) is 11.1 Å². The Kier molecular flexibility index (Phi) is 6.68. The molecule has 2 aromatic carbocycles. The molecule has 5 aromatic rings. The van der Waals surface area contributed by atoms with E-state index in [-0.39, 0.29) is 11.2 Å². The second-order valence-corrected chi connectivity index (χ2v) is 10.8. The molecule has 0 fully saturated rings. The number of aromatic nitrogens is 4. The molecule has 0 bridgehead atoms. The van der Waals surface area contributed by atoms with Crippen LogP contribution in [0.3, 0.4) is 0 Å². The number of nitrogens with zero attached hydrogens (tertiary/aromatic N) is 3. The van der Waals surface area contributed by atoms with E-state index in [4.69, 9.17) is 10.7 Å². The van der Waals surface area contributed by atoms with Gasteiger partial charge in [-0.3, -0.25) is 9.97 Å². The van der Waals surface area contributed by atoms with Crippen LogP contribution in [0.15, 0.2) is 85.6 Å². The summed E-state index contributed by atoms with van der Waals surface area (Å²) in [7, 11) is 0. The summed E-state index contributed by atoms with van der Waals surface area (Å²) in [6.07, 6.45) is 8.32. The van der Waals surface area contributed by atoms with Gasteiger partial charge in [0, 0.05) is 46.9 Å². The number of pyridine rings is 2. The van der Waals surface area contributed by atoms with E-state index < -0.39 is 0 Å². The van der Waals surface area contributed by atoms with Crippen molar-refractivity contribution in [1.29, 1.82) is 0 Å². The molecule has 0 radical (unpaired) electrons. The molecule has 0 spiro atoms. The maximum absolute atomic E-state index is 14.5. The van der Waals surface area contributed by atoms with Crippen LogP contribution in [0.2, 0.25) is 0 Å². The Bertz CT molecular complexity index is 1630. The molecular formula is C31H31FN6. The SMILES string of the molecule is C=C(CC(C)(C)C)Nc1cncc(-c2ccc(N)c(Cc3nc4c(-c5ccccc5F)cncc4[nH]3)c2)c1. The van der Waals surface area contributed by atoms with Gasteiger partial charge in [0.15, 0.2) is 0 Å². The zero-order valence-electron chi connectivity index (χ0n) is 21.8. The third kappa shape index (κ3) is 5.57. The van der Waals surface area contributed by atoms with Crippen LogP contribution in [0.4, 0.5) is 15.8 Å². The van der Waals surface area contributed by atoms with Crippen molar-refractivity contribution < 1.29 is 4.39 Å². The van der Waals surface area contributed by atoms with E-state index in [2.05, 4.69) is 59.8 Å². The van der Waals surface area contributed by atoms with Gasteiger partial charge < -0.3 is 16.0 Å². The smallest absolute Gasteiger partial charge is 0.131 e. The maximum atomic E-state index is 14.5. The highest BCUT2D eigenvalue weighted by molar-refractivity contribution is 5.91. The zero-order chi connectivity index (χ0) is 26.9. The van der Waals surface area contributed by atoms with Gasteiger partial charge in [-0.25, -0.2) is 9.37 Å². The molecular weight excluding hydrogens is 475 g/mol. The quantitative estimate of drug-likeness (QED) is 0.201. The van der Waals surface area contributed by atoms with E-state index in [1.807, 2.05) is 18.3 Å². The van der Waals surface area contributed by atoms with Gasteiger partial charge >= 0.3 is 0 Å². The molecule has 5 rings (SSSR count). The molecule has 0 amide bonds. The second kappa shape index (κ2) is 10.1. The summed E-state index contributed by atoms with van der Waals surface area (Å²) in [4.78, 5) is 16.8. The van der Waals surface area contributed by atoms with Gasteiger partial charge in [-0.05, 0) is 47.2 Å². The zero-order valence-corrected chi connectivity index (χ0v) is 21.8. The highest BCUT2D eigenvalue weighted by Crippen LogP contribution is 2.31. The van der Waals surface area contributed by atoms with Crippen LogP contribution in [-0.2, 0) is 6.42 Å². The van der Waals surface area contributed by atoms with Gasteiger partial charge in [0.25, 0.3) is 0 Å². The number of hydrogen-bond donors (Lipinski definition) is 3. The number of nitrogens with two attached hydrogens (primary N) is 1. The molecule has 3 aromatic heterocycles. The first-order chi connectivity index (χ1) is 18.2. The molecule has 4 N–H and O–H groups in total. The molecule has 6 nitrogen and oxygen atoms in total. The standard InChI is InChI=1S/C31H31FN6/c1-19(14-31(2,3)4)36-23-12-22(15-34-16-23)20-9-10-27(33)21(11-20)13-29-37-28-18-35-17-25(30(28)38-29)24-7-5-6-8-26(24)32/h5-12,15-18,36H,1,13-14,33H2,2-4H3,(H,37,38). The van der Waals surface area contributed by atoms with Crippen LogP contribution in [-0.4, -0.2) is 19.9 Å². The number of halogens is 1. The first-order valence-corrected chi connectivity index (χ1v) is 12.5. The number of imidazole rings is 1. The Labute approximate surface area is 221 Å². The van der Waals surface area contributed by atoms with E-state index >= 15 is 0 Å². The number of hydrogen-bond acceptors (Lipinski definition) is 5. The van der Waals surface area contributed by atoms with Crippen molar-refractivity contribution in [3.63, 3.8) is 0 Å².